The minimum Gasteiger partial charge on any atom is -0.349 e. The molecule has 2 aliphatic rings. The number of piperidine rings is 2. The van der Waals surface area contributed by atoms with E-state index in [2.05, 4.69) is 5.32 Å². The van der Waals surface area contributed by atoms with Gasteiger partial charge in [0.05, 0.1) is 12.3 Å². The first-order valence-corrected chi connectivity index (χ1v) is 11.6. The predicted octanol–water partition coefficient (Wildman–Crippen LogP) is 2.89. The Morgan fingerprint density at radius 1 is 0.812 bits per heavy atom. The first-order valence-electron chi connectivity index (χ1n) is 11.6. The number of nitrogens with one attached hydrogen (secondary N) is 1. The molecule has 1 N–H and O–H groups in total. The molecule has 0 bridgehead atoms. The maximum Gasteiger partial charge on any atom is 0.251 e. The second-order valence-corrected chi connectivity index (χ2v) is 8.78. The fourth-order valence-electron chi connectivity index (χ4n) is 4.65. The molecular formula is C26H31N3O3. The summed E-state index contributed by atoms with van der Waals surface area (Å²) in [6, 6.07) is 19.1. The monoisotopic (exact) mass is 433 g/mol. The molecule has 0 aromatic heterocycles. The van der Waals surface area contributed by atoms with Crippen LogP contribution in [0.2, 0.25) is 0 Å². The van der Waals surface area contributed by atoms with Gasteiger partial charge in [-0.3, -0.25) is 14.4 Å². The van der Waals surface area contributed by atoms with E-state index in [1.807, 2.05) is 70.5 Å². The second kappa shape index (κ2) is 10.4. The number of amides is 3. The van der Waals surface area contributed by atoms with Gasteiger partial charge in [-0.2, -0.15) is 0 Å². The van der Waals surface area contributed by atoms with Crippen molar-refractivity contribution in [2.24, 2.45) is 5.92 Å². The summed E-state index contributed by atoms with van der Waals surface area (Å²) in [7, 11) is 0. The van der Waals surface area contributed by atoms with Crippen LogP contribution in [-0.4, -0.2) is 59.7 Å². The third-order valence-electron chi connectivity index (χ3n) is 6.50. The van der Waals surface area contributed by atoms with Crippen molar-refractivity contribution in [1.82, 2.24) is 15.1 Å². The van der Waals surface area contributed by atoms with Gasteiger partial charge in [-0.25, -0.2) is 0 Å². The number of carbonyl (C=O) groups is 3. The Bertz CT molecular complexity index is 924. The summed E-state index contributed by atoms with van der Waals surface area (Å²) in [6.07, 6.45) is 3.59. The Morgan fingerprint density at radius 2 is 1.47 bits per heavy atom. The zero-order chi connectivity index (χ0) is 22.3. The van der Waals surface area contributed by atoms with Crippen molar-refractivity contribution in [2.75, 3.05) is 26.2 Å². The van der Waals surface area contributed by atoms with Gasteiger partial charge in [-0.1, -0.05) is 48.5 Å². The average Bonchev–Trinajstić information content (AvgIpc) is 2.85. The van der Waals surface area contributed by atoms with Gasteiger partial charge in [0.25, 0.3) is 5.91 Å². The maximum atomic E-state index is 13.1. The van der Waals surface area contributed by atoms with Gasteiger partial charge in [0.2, 0.25) is 11.8 Å². The lowest BCUT2D eigenvalue weighted by atomic mass is 9.94. The van der Waals surface area contributed by atoms with Crippen molar-refractivity contribution in [3.8, 4) is 0 Å². The fourth-order valence-corrected chi connectivity index (χ4v) is 4.65. The van der Waals surface area contributed by atoms with Gasteiger partial charge >= 0.3 is 0 Å². The summed E-state index contributed by atoms with van der Waals surface area (Å²) >= 11 is 0. The van der Waals surface area contributed by atoms with Gasteiger partial charge in [0.15, 0.2) is 0 Å². The summed E-state index contributed by atoms with van der Waals surface area (Å²) in [5, 5.41) is 3.09. The molecule has 0 spiro atoms. The normalized spacial score (nSPS) is 19.4. The molecule has 0 radical (unpaired) electrons. The SMILES string of the molecule is O=C(NC1CCN(C(=O)C2CCCN(C(=O)Cc3ccccc3)C2)CC1)c1ccccc1. The van der Waals surface area contributed by atoms with Gasteiger partial charge in [-0.05, 0) is 43.4 Å². The number of hydrogen-bond acceptors (Lipinski definition) is 3. The largest absolute Gasteiger partial charge is 0.349 e. The van der Waals surface area contributed by atoms with E-state index < -0.39 is 0 Å². The number of likely N-dealkylation sites (tertiary alicyclic amines) is 2. The van der Waals surface area contributed by atoms with E-state index in [0.717, 1.165) is 37.8 Å². The molecule has 2 heterocycles. The Kier molecular flexibility index (Phi) is 7.20. The molecule has 6 nitrogen and oxygen atoms in total. The highest BCUT2D eigenvalue weighted by Gasteiger charge is 2.33. The number of hydrogen-bond donors (Lipinski definition) is 1. The van der Waals surface area contributed by atoms with Gasteiger partial charge in [-0.15, -0.1) is 0 Å². The topological polar surface area (TPSA) is 69.7 Å². The number of carbonyl (C=O) groups excluding carboxylic acids is 3. The van der Waals surface area contributed by atoms with Crippen molar-refractivity contribution in [1.29, 1.82) is 0 Å². The quantitative estimate of drug-likeness (QED) is 0.788. The minimum atomic E-state index is -0.126. The minimum absolute atomic E-state index is 0.0600. The molecule has 3 amide bonds. The number of nitrogens with zero attached hydrogens (tertiary/aromatic N) is 2. The van der Waals surface area contributed by atoms with Crippen molar-refractivity contribution in [2.45, 2.75) is 38.1 Å². The lowest BCUT2D eigenvalue weighted by Crippen LogP contribution is -2.51. The van der Waals surface area contributed by atoms with Crippen molar-refractivity contribution >= 4 is 17.7 Å². The summed E-state index contributed by atoms with van der Waals surface area (Å²) in [5.74, 6) is 0.0558. The van der Waals surface area contributed by atoms with Crippen LogP contribution in [0.4, 0.5) is 0 Å². The molecule has 6 heteroatoms. The molecule has 1 unspecified atom stereocenters. The maximum absolute atomic E-state index is 13.1. The van der Waals surface area contributed by atoms with Crippen LogP contribution in [0.1, 0.15) is 41.6 Å². The van der Waals surface area contributed by atoms with Gasteiger partial charge < -0.3 is 15.1 Å². The van der Waals surface area contributed by atoms with E-state index in [4.69, 9.17) is 0 Å². The van der Waals surface area contributed by atoms with E-state index in [0.29, 0.717) is 31.6 Å². The van der Waals surface area contributed by atoms with Gasteiger partial charge in [0, 0.05) is 37.8 Å². The molecular weight excluding hydrogens is 402 g/mol. The molecule has 0 saturated carbocycles. The van der Waals surface area contributed by atoms with E-state index in [9.17, 15) is 14.4 Å². The highest BCUT2D eigenvalue weighted by molar-refractivity contribution is 5.94. The van der Waals surface area contributed by atoms with E-state index in [1.54, 1.807) is 0 Å². The number of benzene rings is 2. The summed E-state index contributed by atoms with van der Waals surface area (Å²) in [5.41, 5.74) is 1.67. The Labute approximate surface area is 189 Å². The molecule has 2 aromatic carbocycles. The van der Waals surface area contributed by atoms with Crippen LogP contribution < -0.4 is 5.32 Å². The second-order valence-electron chi connectivity index (χ2n) is 8.78. The van der Waals surface area contributed by atoms with Crippen LogP contribution >= 0.6 is 0 Å². The Hall–Kier alpha value is -3.15. The first-order chi connectivity index (χ1) is 15.6. The zero-order valence-corrected chi connectivity index (χ0v) is 18.4. The first kappa shape index (κ1) is 22.1. The third kappa shape index (κ3) is 5.55. The molecule has 1 atom stereocenters. The van der Waals surface area contributed by atoms with Crippen LogP contribution in [0.3, 0.4) is 0 Å². The highest BCUT2D eigenvalue weighted by Crippen LogP contribution is 2.22. The van der Waals surface area contributed by atoms with Crippen molar-refractivity contribution in [3.63, 3.8) is 0 Å². The van der Waals surface area contributed by atoms with Crippen LogP contribution in [0.5, 0.6) is 0 Å². The molecule has 4 rings (SSSR count). The van der Waals surface area contributed by atoms with Crippen molar-refractivity contribution in [3.05, 3.63) is 71.8 Å². The van der Waals surface area contributed by atoms with Crippen LogP contribution in [-0.2, 0) is 16.0 Å². The molecule has 2 saturated heterocycles. The van der Waals surface area contributed by atoms with E-state index >= 15 is 0 Å². The number of rotatable bonds is 5. The standard InChI is InChI=1S/C26H31N3O3/c30-24(18-20-8-3-1-4-9-20)29-15-7-12-22(19-29)26(32)28-16-13-23(14-17-28)27-25(31)21-10-5-2-6-11-21/h1-6,8-11,22-23H,7,12-19H2,(H,27,31). The Morgan fingerprint density at radius 3 is 2.16 bits per heavy atom. The van der Waals surface area contributed by atoms with Crippen LogP contribution in [0.25, 0.3) is 0 Å². The summed E-state index contributed by atoms with van der Waals surface area (Å²) < 4.78 is 0. The molecule has 2 fully saturated rings. The summed E-state index contributed by atoms with van der Waals surface area (Å²) in [4.78, 5) is 42.0. The van der Waals surface area contributed by atoms with E-state index in [-0.39, 0.29) is 29.7 Å². The summed E-state index contributed by atoms with van der Waals surface area (Å²) in [6.45, 7) is 2.53. The zero-order valence-electron chi connectivity index (χ0n) is 18.4. The molecule has 0 aliphatic carbocycles. The lowest BCUT2D eigenvalue weighted by Gasteiger charge is -2.38. The highest BCUT2D eigenvalue weighted by atomic mass is 16.2. The predicted molar refractivity (Wildman–Crippen MR) is 123 cm³/mol. The smallest absolute Gasteiger partial charge is 0.251 e. The van der Waals surface area contributed by atoms with Gasteiger partial charge in [0.1, 0.15) is 0 Å². The molecule has 32 heavy (non-hydrogen) atoms. The van der Waals surface area contributed by atoms with Crippen LogP contribution in [0, 0.1) is 5.92 Å². The lowest BCUT2D eigenvalue weighted by molar-refractivity contribution is -0.141. The average molecular weight is 434 g/mol. The Balaban J connectivity index is 1.25. The van der Waals surface area contributed by atoms with E-state index in [1.165, 1.54) is 0 Å². The fraction of sp³-hybridized carbons (Fsp3) is 0.423. The molecule has 2 aromatic rings. The van der Waals surface area contributed by atoms with Crippen molar-refractivity contribution < 1.29 is 14.4 Å². The third-order valence-corrected chi connectivity index (χ3v) is 6.50. The van der Waals surface area contributed by atoms with Crippen LogP contribution in [0.15, 0.2) is 60.7 Å². The molecule has 2 aliphatic heterocycles. The molecule has 168 valence electrons.